The van der Waals surface area contributed by atoms with Crippen LogP contribution in [0.2, 0.25) is 0 Å². The molecule has 0 bridgehead atoms. The number of rotatable bonds is 8. The van der Waals surface area contributed by atoms with Crippen LogP contribution in [-0.4, -0.2) is 49.4 Å². The van der Waals surface area contributed by atoms with Gasteiger partial charge in [0, 0.05) is 17.5 Å². The Balaban J connectivity index is 1.33. The van der Waals surface area contributed by atoms with Crippen molar-refractivity contribution < 1.29 is 18.7 Å². The molecule has 1 fully saturated rings. The van der Waals surface area contributed by atoms with Gasteiger partial charge in [0.2, 0.25) is 5.91 Å². The van der Waals surface area contributed by atoms with Gasteiger partial charge in [0.05, 0.1) is 13.1 Å². The van der Waals surface area contributed by atoms with E-state index in [0.717, 1.165) is 31.5 Å². The number of ether oxygens (including phenoxy) is 1. The standard InChI is InChI=1S/C22H25FN2O3/c23-19-7-4-8-20(15-19)28-14-11-24-21(26)16-25-12-9-18(10-13-25)22(27)17-5-2-1-3-6-17/h1-8,15,18H,9-14,16H2,(H,24,26). The molecule has 0 aromatic heterocycles. The Labute approximate surface area is 164 Å². The highest BCUT2D eigenvalue weighted by atomic mass is 19.1. The van der Waals surface area contributed by atoms with E-state index in [4.69, 9.17) is 4.74 Å². The van der Waals surface area contributed by atoms with Crippen molar-refractivity contribution >= 4 is 11.7 Å². The quantitative estimate of drug-likeness (QED) is 0.562. The van der Waals surface area contributed by atoms with Crippen LogP contribution >= 0.6 is 0 Å². The number of hydrogen-bond acceptors (Lipinski definition) is 4. The molecule has 1 aliphatic rings. The number of nitrogens with one attached hydrogen (secondary N) is 1. The number of Topliss-reactive ketones (excluding diaryl/α,β-unsaturated/α-hetero) is 1. The number of piperidine rings is 1. The molecule has 0 unspecified atom stereocenters. The summed E-state index contributed by atoms with van der Waals surface area (Å²) in [5.74, 6) is 0.242. The van der Waals surface area contributed by atoms with Crippen molar-refractivity contribution in [1.82, 2.24) is 10.2 Å². The molecule has 1 aliphatic heterocycles. The fraction of sp³-hybridized carbons (Fsp3) is 0.364. The SMILES string of the molecule is O=C(CN1CCC(C(=O)c2ccccc2)CC1)NCCOc1cccc(F)c1. The van der Waals surface area contributed by atoms with Gasteiger partial charge in [-0.2, -0.15) is 0 Å². The maximum atomic E-state index is 13.1. The highest BCUT2D eigenvalue weighted by molar-refractivity contribution is 5.97. The van der Waals surface area contributed by atoms with E-state index < -0.39 is 0 Å². The highest BCUT2D eigenvalue weighted by Gasteiger charge is 2.26. The summed E-state index contributed by atoms with van der Waals surface area (Å²) in [4.78, 5) is 26.7. The summed E-state index contributed by atoms with van der Waals surface area (Å²) in [7, 11) is 0. The van der Waals surface area contributed by atoms with E-state index in [9.17, 15) is 14.0 Å². The summed E-state index contributed by atoms with van der Waals surface area (Å²) in [6.45, 7) is 2.42. The largest absolute Gasteiger partial charge is 0.492 e. The molecule has 5 nitrogen and oxygen atoms in total. The number of ketones is 1. The summed E-state index contributed by atoms with van der Waals surface area (Å²) in [5.41, 5.74) is 0.761. The summed E-state index contributed by atoms with van der Waals surface area (Å²) < 4.78 is 18.5. The van der Waals surface area contributed by atoms with Gasteiger partial charge < -0.3 is 10.1 Å². The predicted molar refractivity (Wildman–Crippen MR) is 105 cm³/mol. The lowest BCUT2D eigenvalue weighted by Crippen LogP contribution is -2.43. The normalized spacial score (nSPS) is 15.2. The average molecular weight is 384 g/mol. The molecule has 28 heavy (non-hydrogen) atoms. The van der Waals surface area contributed by atoms with E-state index >= 15 is 0 Å². The number of likely N-dealkylation sites (tertiary alicyclic amines) is 1. The second-order valence-corrected chi connectivity index (χ2v) is 6.94. The van der Waals surface area contributed by atoms with Crippen LogP contribution in [-0.2, 0) is 4.79 Å². The minimum absolute atomic E-state index is 0.0291. The molecule has 148 valence electrons. The molecule has 1 saturated heterocycles. The molecule has 0 spiro atoms. The molecular formula is C22H25FN2O3. The fourth-order valence-electron chi connectivity index (χ4n) is 3.37. The van der Waals surface area contributed by atoms with Crippen LogP contribution in [0.25, 0.3) is 0 Å². The minimum Gasteiger partial charge on any atom is -0.492 e. The van der Waals surface area contributed by atoms with Crippen LogP contribution in [0.4, 0.5) is 4.39 Å². The van der Waals surface area contributed by atoms with E-state index in [1.54, 1.807) is 12.1 Å². The number of benzene rings is 2. The number of carbonyl (C=O) groups is 2. The fourth-order valence-corrected chi connectivity index (χ4v) is 3.37. The van der Waals surface area contributed by atoms with Gasteiger partial charge in [-0.15, -0.1) is 0 Å². The van der Waals surface area contributed by atoms with Gasteiger partial charge in [0.15, 0.2) is 5.78 Å². The minimum atomic E-state index is -0.351. The van der Waals surface area contributed by atoms with Crippen molar-refractivity contribution in [3.8, 4) is 5.75 Å². The molecular weight excluding hydrogens is 359 g/mol. The van der Waals surface area contributed by atoms with E-state index in [0.29, 0.717) is 18.8 Å². The Morgan fingerprint density at radius 1 is 1.07 bits per heavy atom. The van der Waals surface area contributed by atoms with Gasteiger partial charge in [-0.25, -0.2) is 4.39 Å². The van der Waals surface area contributed by atoms with Crippen molar-refractivity contribution in [3.05, 3.63) is 66.0 Å². The first kappa shape index (κ1) is 20.0. The monoisotopic (exact) mass is 384 g/mol. The Morgan fingerprint density at radius 3 is 2.54 bits per heavy atom. The van der Waals surface area contributed by atoms with Gasteiger partial charge in [-0.1, -0.05) is 36.4 Å². The molecule has 1 heterocycles. The number of halogens is 1. The predicted octanol–water partition coefficient (Wildman–Crippen LogP) is 2.92. The zero-order valence-electron chi connectivity index (χ0n) is 15.8. The Kier molecular flexibility index (Phi) is 7.14. The van der Waals surface area contributed by atoms with Crippen LogP contribution in [0.3, 0.4) is 0 Å². The highest BCUT2D eigenvalue weighted by Crippen LogP contribution is 2.21. The molecule has 2 aromatic rings. The Bertz CT molecular complexity index is 789. The average Bonchev–Trinajstić information content (AvgIpc) is 2.72. The lowest BCUT2D eigenvalue weighted by Gasteiger charge is -2.30. The number of hydrogen-bond donors (Lipinski definition) is 1. The van der Waals surface area contributed by atoms with Crippen molar-refractivity contribution in [2.75, 3.05) is 32.8 Å². The summed E-state index contributed by atoms with van der Waals surface area (Å²) >= 11 is 0. The van der Waals surface area contributed by atoms with Gasteiger partial charge in [0.25, 0.3) is 0 Å². The summed E-state index contributed by atoms with van der Waals surface area (Å²) in [6.07, 6.45) is 1.54. The summed E-state index contributed by atoms with van der Waals surface area (Å²) in [5, 5.41) is 2.81. The zero-order valence-corrected chi connectivity index (χ0v) is 15.8. The molecule has 3 rings (SSSR count). The molecule has 0 radical (unpaired) electrons. The number of carbonyl (C=O) groups excluding carboxylic acids is 2. The van der Waals surface area contributed by atoms with Crippen molar-refractivity contribution in [2.45, 2.75) is 12.8 Å². The van der Waals surface area contributed by atoms with Crippen molar-refractivity contribution in [1.29, 1.82) is 0 Å². The molecule has 0 saturated carbocycles. The molecule has 1 N–H and O–H groups in total. The van der Waals surface area contributed by atoms with Crippen molar-refractivity contribution in [3.63, 3.8) is 0 Å². The zero-order chi connectivity index (χ0) is 19.8. The molecule has 0 aliphatic carbocycles. The Hall–Kier alpha value is -2.73. The van der Waals surface area contributed by atoms with Gasteiger partial charge in [-0.3, -0.25) is 14.5 Å². The van der Waals surface area contributed by atoms with Crippen molar-refractivity contribution in [2.24, 2.45) is 5.92 Å². The lowest BCUT2D eigenvalue weighted by atomic mass is 9.89. The number of nitrogens with zero attached hydrogens (tertiary/aromatic N) is 1. The van der Waals surface area contributed by atoms with E-state index in [1.165, 1.54) is 12.1 Å². The second kappa shape index (κ2) is 9.99. The third-order valence-electron chi connectivity index (χ3n) is 4.87. The molecule has 0 atom stereocenters. The first-order valence-corrected chi connectivity index (χ1v) is 9.58. The maximum Gasteiger partial charge on any atom is 0.234 e. The van der Waals surface area contributed by atoms with E-state index in [-0.39, 0.29) is 30.0 Å². The van der Waals surface area contributed by atoms with Gasteiger partial charge >= 0.3 is 0 Å². The first-order chi connectivity index (χ1) is 13.6. The van der Waals surface area contributed by atoms with Crippen LogP contribution in [0.15, 0.2) is 54.6 Å². The van der Waals surface area contributed by atoms with Gasteiger partial charge in [0.1, 0.15) is 18.2 Å². The van der Waals surface area contributed by atoms with Gasteiger partial charge in [-0.05, 0) is 38.1 Å². The van der Waals surface area contributed by atoms with E-state index in [2.05, 4.69) is 10.2 Å². The van der Waals surface area contributed by atoms with Crippen LogP contribution < -0.4 is 10.1 Å². The second-order valence-electron chi connectivity index (χ2n) is 6.94. The topological polar surface area (TPSA) is 58.6 Å². The third kappa shape index (κ3) is 5.89. The lowest BCUT2D eigenvalue weighted by molar-refractivity contribution is -0.122. The third-order valence-corrected chi connectivity index (χ3v) is 4.87. The maximum absolute atomic E-state index is 13.1. The first-order valence-electron chi connectivity index (χ1n) is 9.58. The number of amides is 1. The van der Waals surface area contributed by atoms with Crippen LogP contribution in [0.1, 0.15) is 23.2 Å². The van der Waals surface area contributed by atoms with E-state index in [1.807, 2.05) is 30.3 Å². The smallest absolute Gasteiger partial charge is 0.234 e. The summed E-state index contributed by atoms with van der Waals surface area (Å²) in [6, 6.07) is 15.3. The molecule has 1 amide bonds. The molecule has 6 heteroatoms. The van der Waals surface area contributed by atoms with Crippen LogP contribution in [0.5, 0.6) is 5.75 Å². The molecule has 2 aromatic carbocycles. The van der Waals surface area contributed by atoms with Crippen LogP contribution in [0, 0.1) is 11.7 Å². The Morgan fingerprint density at radius 2 is 1.82 bits per heavy atom.